The van der Waals surface area contributed by atoms with Gasteiger partial charge in [-0.15, -0.1) is 0 Å². The number of nitrogens with two attached hydrogens (primary N) is 1. The van der Waals surface area contributed by atoms with Gasteiger partial charge in [0.05, 0.1) is 0 Å². The molecule has 2 aromatic rings. The SMILES string of the molecule is CN(C(=O)c1cc(F)cc(F)c1)c1cccc(N)c1. The van der Waals surface area contributed by atoms with Gasteiger partial charge in [-0.1, -0.05) is 6.07 Å². The summed E-state index contributed by atoms with van der Waals surface area (Å²) < 4.78 is 26.2. The summed E-state index contributed by atoms with van der Waals surface area (Å²) in [5.41, 5.74) is 6.63. The third-order valence-electron chi connectivity index (χ3n) is 2.67. The van der Waals surface area contributed by atoms with Gasteiger partial charge in [0.2, 0.25) is 0 Å². The van der Waals surface area contributed by atoms with Crippen molar-refractivity contribution in [2.45, 2.75) is 0 Å². The van der Waals surface area contributed by atoms with Crippen LogP contribution in [0.2, 0.25) is 0 Å². The zero-order chi connectivity index (χ0) is 14.0. The van der Waals surface area contributed by atoms with Gasteiger partial charge in [-0.25, -0.2) is 8.78 Å². The molecule has 0 aliphatic carbocycles. The van der Waals surface area contributed by atoms with Crippen molar-refractivity contribution < 1.29 is 13.6 Å². The van der Waals surface area contributed by atoms with E-state index in [1.807, 2.05) is 0 Å². The Bertz CT molecular complexity index is 608. The number of halogens is 2. The van der Waals surface area contributed by atoms with E-state index in [1.165, 1.54) is 11.9 Å². The van der Waals surface area contributed by atoms with Crippen molar-refractivity contribution in [1.82, 2.24) is 0 Å². The first-order valence-corrected chi connectivity index (χ1v) is 5.57. The Morgan fingerprint density at radius 3 is 2.32 bits per heavy atom. The number of rotatable bonds is 2. The molecule has 19 heavy (non-hydrogen) atoms. The van der Waals surface area contributed by atoms with Crippen molar-refractivity contribution in [3.8, 4) is 0 Å². The predicted octanol–water partition coefficient (Wildman–Crippen LogP) is 2.82. The van der Waals surface area contributed by atoms with E-state index in [-0.39, 0.29) is 5.56 Å². The summed E-state index contributed by atoms with van der Waals surface area (Å²) in [6.07, 6.45) is 0. The van der Waals surface area contributed by atoms with Crippen molar-refractivity contribution >= 4 is 17.3 Å². The molecule has 2 aromatic carbocycles. The van der Waals surface area contributed by atoms with Crippen LogP contribution in [-0.4, -0.2) is 13.0 Å². The van der Waals surface area contributed by atoms with Crippen LogP contribution in [-0.2, 0) is 0 Å². The largest absolute Gasteiger partial charge is 0.399 e. The van der Waals surface area contributed by atoms with Gasteiger partial charge in [0.25, 0.3) is 5.91 Å². The second-order valence-electron chi connectivity index (χ2n) is 4.12. The van der Waals surface area contributed by atoms with E-state index in [0.29, 0.717) is 11.4 Å². The summed E-state index contributed by atoms with van der Waals surface area (Å²) >= 11 is 0. The number of benzene rings is 2. The maximum atomic E-state index is 13.1. The van der Waals surface area contributed by atoms with Crippen molar-refractivity contribution in [2.75, 3.05) is 17.7 Å². The van der Waals surface area contributed by atoms with Gasteiger partial charge >= 0.3 is 0 Å². The Morgan fingerprint density at radius 1 is 1.11 bits per heavy atom. The first-order chi connectivity index (χ1) is 8.97. The smallest absolute Gasteiger partial charge is 0.258 e. The fourth-order valence-corrected chi connectivity index (χ4v) is 1.72. The summed E-state index contributed by atoms with van der Waals surface area (Å²) in [4.78, 5) is 13.4. The number of anilines is 2. The molecule has 0 radical (unpaired) electrons. The quantitative estimate of drug-likeness (QED) is 0.846. The van der Waals surface area contributed by atoms with E-state index in [2.05, 4.69) is 0 Å². The van der Waals surface area contributed by atoms with Crippen LogP contribution < -0.4 is 10.6 Å². The summed E-state index contributed by atoms with van der Waals surface area (Å²) in [6, 6.07) is 9.38. The summed E-state index contributed by atoms with van der Waals surface area (Å²) in [6.45, 7) is 0. The number of nitrogen functional groups attached to an aromatic ring is 1. The first-order valence-electron chi connectivity index (χ1n) is 5.57. The van der Waals surface area contributed by atoms with Crippen LogP contribution in [0.1, 0.15) is 10.4 Å². The van der Waals surface area contributed by atoms with Crippen molar-refractivity contribution in [1.29, 1.82) is 0 Å². The van der Waals surface area contributed by atoms with Crippen LogP contribution in [0.5, 0.6) is 0 Å². The molecule has 3 nitrogen and oxygen atoms in total. The molecule has 0 saturated heterocycles. The Morgan fingerprint density at radius 2 is 1.74 bits per heavy atom. The number of amides is 1. The van der Waals surface area contributed by atoms with Gasteiger partial charge in [-0.3, -0.25) is 4.79 Å². The Kier molecular flexibility index (Phi) is 3.46. The fourth-order valence-electron chi connectivity index (χ4n) is 1.72. The monoisotopic (exact) mass is 262 g/mol. The molecule has 0 spiro atoms. The third kappa shape index (κ3) is 2.88. The molecule has 0 saturated carbocycles. The number of hydrogen-bond acceptors (Lipinski definition) is 2. The zero-order valence-electron chi connectivity index (χ0n) is 10.2. The Balaban J connectivity index is 2.33. The molecule has 0 atom stereocenters. The summed E-state index contributed by atoms with van der Waals surface area (Å²) in [7, 11) is 1.51. The van der Waals surface area contributed by atoms with Crippen LogP contribution in [0.4, 0.5) is 20.2 Å². The highest BCUT2D eigenvalue weighted by molar-refractivity contribution is 6.05. The normalized spacial score (nSPS) is 10.3. The number of carbonyl (C=O) groups is 1. The van der Waals surface area contributed by atoms with Crippen LogP contribution in [0.15, 0.2) is 42.5 Å². The average molecular weight is 262 g/mol. The van der Waals surface area contributed by atoms with Crippen molar-refractivity contribution in [3.63, 3.8) is 0 Å². The van der Waals surface area contributed by atoms with Crippen LogP contribution in [0, 0.1) is 11.6 Å². The maximum Gasteiger partial charge on any atom is 0.258 e. The molecule has 0 aliphatic heterocycles. The van der Waals surface area contributed by atoms with Crippen molar-refractivity contribution in [3.05, 3.63) is 59.7 Å². The number of nitrogens with zero attached hydrogens (tertiary/aromatic N) is 1. The molecule has 1 amide bonds. The molecule has 2 rings (SSSR count). The van der Waals surface area contributed by atoms with E-state index < -0.39 is 17.5 Å². The van der Waals surface area contributed by atoms with E-state index in [1.54, 1.807) is 24.3 Å². The van der Waals surface area contributed by atoms with Gasteiger partial charge in [-0.2, -0.15) is 0 Å². The first kappa shape index (κ1) is 13.0. The fraction of sp³-hybridized carbons (Fsp3) is 0.0714. The minimum absolute atomic E-state index is 0.0533. The molecule has 0 heterocycles. The lowest BCUT2D eigenvalue weighted by Gasteiger charge is -2.17. The molecular weight excluding hydrogens is 250 g/mol. The molecule has 0 bridgehead atoms. The van der Waals surface area contributed by atoms with Crippen LogP contribution in [0.3, 0.4) is 0 Å². The molecule has 0 unspecified atom stereocenters. The minimum Gasteiger partial charge on any atom is -0.399 e. The average Bonchev–Trinajstić information content (AvgIpc) is 2.36. The molecule has 5 heteroatoms. The second-order valence-corrected chi connectivity index (χ2v) is 4.12. The topological polar surface area (TPSA) is 46.3 Å². The van der Waals surface area contributed by atoms with Gasteiger partial charge in [0.1, 0.15) is 11.6 Å². The molecule has 98 valence electrons. The van der Waals surface area contributed by atoms with Gasteiger partial charge < -0.3 is 10.6 Å². The van der Waals surface area contributed by atoms with Gasteiger partial charge in [0.15, 0.2) is 0 Å². The highest BCUT2D eigenvalue weighted by atomic mass is 19.1. The van der Waals surface area contributed by atoms with E-state index in [4.69, 9.17) is 5.73 Å². The summed E-state index contributed by atoms with van der Waals surface area (Å²) in [5, 5.41) is 0. The predicted molar refractivity (Wildman–Crippen MR) is 69.9 cm³/mol. The summed E-state index contributed by atoms with van der Waals surface area (Å²) in [5.74, 6) is -2.09. The highest BCUT2D eigenvalue weighted by Gasteiger charge is 2.15. The van der Waals surface area contributed by atoms with Crippen LogP contribution in [0.25, 0.3) is 0 Å². The standard InChI is InChI=1S/C14H12F2N2O/c1-18(13-4-2-3-12(17)8-13)14(19)9-5-10(15)7-11(16)6-9/h2-8H,17H2,1H3. The molecule has 0 aliphatic rings. The van der Waals surface area contributed by atoms with Gasteiger partial charge in [0, 0.05) is 30.1 Å². The lowest BCUT2D eigenvalue weighted by atomic mass is 10.1. The second kappa shape index (κ2) is 5.06. The zero-order valence-corrected chi connectivity index (χ0v) is 10.2. The lowest BCUT2D eigenvalue weighted by molar-refractivity contribution is 0.0992. The third-order valence-corrected chi connectivity index (χ3v) is 2.67. The molecular formula is C14H12F2N2O. The molecule has 2 N–H and O–H groups in total. The lowest BCUT2D eigenvalue weighted by Crippen LogP contribution is -2.26. The Hall–Kier alpha value is -2.43. The highest BCUT2D eigenvalue weighted by Crippen LogP contribution is 2.19. The van der Waals surface area contributed by atoms with Gasteiger partial charge in [-0.05, 0) is 30.3 Å². The van der Waals surface area contributed by atoms with E-state index in [9.17, 15) is 13.6 Å². The van der Waals surface area contributed by atoms with E-state index in [0.717, 1.165) is 18.2 Å². The molecule has 0 aromatic heterocycles. The Labute approximate surface area is 109 Å². The van der Waals surface area contributed by atoms with E-state index >= 15 is 0 Å². The maximum absolute atomic E-state index is 13.1. The van der Waals surface area contributed by atoms with Crippen LogP contribution >= 0.6 is 0 Å². The van der Waals surface area contributed by atoms with Crippen molar-refractivity contribution in [2.24, 2.45) is 0 Å². The molecule has 0 fully saturated rings. The number of carbonyl (C=O) groups excluding carboxylic acids is 1. The number of hydrogen-bond donors (Lipinski definition) is 1. The minimum atomic E-state index is -0.788.